The quantitative estimate of drug-likeness (QED) is 0.0538. The zero-order chi connectivity index (χ0) is 39.8. The van der Waals surface area contributed by atoms with Crippen LogP contribution in [0.15, 0.2) is 83.4 Å². The van der Waals surface area contributed by atoms with E-state index < -0.39 is 33.3 Å². The molecule has 13 heteroatoms. The molecule has 0 radical (unpaired) electrons. The fourth-order valence-electron chi connectivity index (χ4n) is 7.76. The highest BCUT2D eigenvalue weighted by Gasteiger charge is 2.45. The van der Waals surface area contributed by atoms with Crippen molar-refractivity contribution >= 4 is 45.0 Å². The van der Waals surface area contributed by atoms with Gasteiger partial charge in [-0.3, -0.25) is 14.1 Å². The van der Waals surface area contributed by atoms with Crippen molar-refractivity contribution in [3.8, 4) is 0 Å². The van der Waals surface area contributed by atoms with Gasteiger partial charge in [0.15, 0.2) is 12.3 Å². The molecule has 5 rings (SSSR count). The fraction of sp³-hybridized carbons (Fsp3) is 0.476. The highest BCUT2D eigenvalue weighted by Crippen LogP contribution is 2.50. The van der Waals surface area contributed by atoms with Gasteiger partial charge in [-0.25, -0.2) is 4.79 Å². The SMILES string of the molecule is CCOCCN1/C(=C/C=CC=CC2=[N+](CCOCC)c3ccc(S(=O)(=O)O)cc3C2(C)C)C(C)(CCCCCC(=O)ON2C(=O)CCC2=O)c2ccccc21. The number of carbonyl (C=O) groups is 3. The number of benzene rings is 2. The van der Waals surface area contributed by atoms with E-state index in [0.29, 0.717) is 51.0 Å². The summed E-state index contributed by atoms with van der Waals surface area (Å²) in [4.78, 5) is 43.3. The lowest BCUT2D eigenvalue weighted by Crippen LogP contribution is -2.32. The average molecular weight is 777 g/mol. The number of allylic oxidation sites excluding steroid dienone is 6. The Hall–Kier alpha value is -4.43. The molecule has 2 aromatic rings. The van der Waals surface area contributed by atoms with Crippen molar-refractivity contribution in [2.45, 2.75) is 95.3 Å². The highest BCUT2D eigenvalue weighted by molar-refractivity contribution is 7.85. The van der Waals surface area contributed by atoms with Crippen LogP contribution in [0.25, 0.3) is 0 Å². The Labute approximate surface area is 324 Å². The molecule has 2 amide bonds. The maximum atomic E-state index is 12.4. The first-order chi connectivity index (χ1) is 26.2. The maximum absolute atomic E-state index is 12.4. The fourth-order valence-corrected chi connectivity index (χ4v) is 8.27. The molecule has 1 fully saturated rings. The number of imide groups is 1. The summed E-state index contributed by atoms with van der Waals surface area (Å²) < 4.78 is 47.4. The number of para-hydroxylation sites is 1. The van der Waals surface area contributed by atoms with Crippen LogP contribution in [0.1, 0.15) is 90.7 Å². The van der Waals surface area contributed by atoms with Crippen molar-refractivity contribution < 1.29 is 46.2 Å². The Kier molecular flexibility index (Phi) is 13.7. The summed E-state index contributed by atoms with van der Waals surface area (Å²) in [7, 11) is -4.37. The Morgan fingerprint density at radius 2 is 1.62 bits per heavy atom. The number of hydrogen-bond acceptors (Lipinski definition) is 9. The number of rotatable bonds is 19. The Morgan fingerprint density at radius 3 is 2.33 bits per heavy atom. The van der Waals surface area contributed by atoms with Crippen LogP contribution in [0.5, 0.6) is 0 Å². The van der Waals surface area contributed by atoms with Crippen LogP contribution in [0, 0.1) is 0 Å². The third-order valence-electron chi connectivity index (χ3n) is 10.6. The van der Waals surface area contributed by atoms with E-state index in [2.05, 4.69) is 40.7 Å². The van der Waals surface area contributed by atoms with E-state index in [4.69, 9.17) is 14.3 Å². The number of ether oxygens (including phenoxy) is 2. The molecule has 1 saturated heterocycles. The van der Waals surface area contributed by atoms with Gasteiger partial charge in [-0.05, 0) is 77.3 Å². The molecule has 3 heterocycles. The van der Waals surface area contributed by atoms with Crippen molar-refractivity contribution in [3.63, 3.8) is 0 Å². The Morgan fingerprint density at radius 1 is 0.909 bits per heavy atom. The van der Waals surface area contributed by atoms with Crippen molar-refractivity contribution in [2.24, 2.45) is 0 Å². The van der Waals surface area contributed by atoms with Crippen LogP contribution in [0.3, 0.4) is 0 Å². The average Bonchev–Trinajstić information content (AvgIpc) is 3.67. The van der Waals surface area contributed by atoms with Gasteiger partial charge in [-0.2, -0.15) is 13.0 Å². The molecule has 3 aliphatic heterocycles. The number of hydrogen-bond donors (Lipinski definition) is 1. The molecule has 0 saturated carbocycles. The molecule has 0 spiro atoms. The highest BCUT2D eigenvalue weighted by atomic mass is 32.2. The van der Waals surface area contributed by atoms with Crippen LogP contribution in [-0.4, -0.2) is 85.6 Å². The Balaban J connectivity index is 1.36. The monoisotopic (exact) mass is 776 g/mol. The largest absolute Gasteiger partial charge is 0.380 e. The molecule has 55 heavy (non-hydrogen) atoms. The van der Waals surface area contributed by atoms with E-state index in [0.717, 1.165) is 47.6 Å². The van der Waals surface area contributed by atoms with Gasteiger partial charge in [0.05, 0.1) is 16.9 Å². The molecule has 0 bridgehead atoms. The number of carbonyl (C=O) groups excluding carboxylic acids is 3. The minimum atomic E-state index is -4.37. The third-order valence-corrected chi connectivity index (χ3v) is 11.5. The van der Waals surface area contributed by atoms with E-state index >= 15 is 0 Å². The van der Waals surface area contributed by atoms with Gasteiger partial charge in [0, 0.05) is 73.5 Å². The normalized spacial score (nSPS) is 20.1. The van der Waals surface area contributed by atoms with E-state index in [1.54, 1.807) is 12.1 Å². The molecule has 12 nitrogen and oxygen atoms in total. The summed E-state index contributed by atoms with van der Waals surface area (Å²) in [5.74, 6) is -1.54. The number of hydroxylamine groups is 2. The maximum Gasteiger partial charge on any atom is 0.333 e. The minimum absolute atomic E-state index is 0.0672. The lowest BCUT2D eigenvalue weighted by Gasteiger charge is -2.30. The zero-order valence-corrected chi connectivity index (χ0v) is 33.4. The molecule has 3 aliphatic rings. The van der Waals surface area contributed by atoms with Crippen LogP contribution in [-0.2, 0) is 49.6 Å². The van der Waals surface area contributed by atoms with E-state index in [1.165, 1.54) is 11.6 Å². The molecular weight excluding hydrogens is 723 g/mol. The predicted molar refractivity (Wildman–Crippen MR) is 210 cm³/mol. The van der Waals surface area contributed by atoms with Crippen molar-refractivity contribution in [2.75, 3.05) is 44.4 Å². The van der Waals surface area contributed by atoms with Gasteiger partial charge in [-0.1, -0.05) is 49.3 Å². The molecule has 0 aromatic heterocycles. The number of anilines is 1. The first kappa shape index (κ1) is 41.7. The number of fused-ring (bicyclic) bond motifs is 2. The van der Waals surface area contributed by atoms with Gasteiger partial charge in [0.25, 0.3) is 21.9 Å². The van der Waals surface area contributed by atoms with E-state index in [9.17, 15) is 27.4 Å². The molecule has 1 atom stereocenters. The van der Waals surface area contributed by atoms with Crippen LogP contribution < -0.4 is 4.90 Å². The van der Waals surface area contributed by atoms with Crippen molar-refractivity contribution in [1.29, 1.82) is 0 Å². The molecular formula is C42H54N3O9S+. The standard InChI is InChI=1S/C42H53N3O9S/c1-6-52-28-26-43-35-22-21-31(55(49,50)51)30-33(35)41(3,4)36(43)18-10-8-11-19-37-42(5,32-16-13-14-17-34(32)44(37)27-29-53-7-2)25-15-9-12-20-40(48)54-45-38(46)23-24-39(45)47/h8,10-11,13-14,16-19,21-22,30H,6-7,9,12,15,20,23-29H2,1-5H3/p+1. The lowest BCUT2D eigenvalue weighted by molar-refractivity contribution is -0.442. The van der Waals surface area contributed by atoms with Crippen molar-refractivity contribution in [3.05, 3.63) is 89.7 Å². The van der Waals surface area contributed by atoms with E-state index in [1.807, 2.05) is 58.1 Å². The van der Waals surface area contributed by atoms with Gasteiger partial charge in [0.2, 0.25) is 5.69 Å². The Bertz CT molecular complexity index is 1980. The number of amides is 2. The summed E-state index contributed by atoms with van der Waals surface area (Å²) in [6, 6.07) is 13.2. The lowest BCUT2D eigenvalue weighted by atomic mass is 9.77. The smallest absolute Gasteiger partial charge is 0.333 e. The van der Waals surface area contributed by atoms with Gasteiger partial charge in [-0.15, -0.1) is 5.06 Å². The summed E-state index contributed by atoms with van der Waals surface area (Å²) >= 11 is 0. The summed E-state index contributed by atoms with van der Waals surface area (Å²) in [6.45, 7) is 13.8. The van der Waals surface area contributed by atoms with Gasteiger partial charge < -0.3 is 19.2 Å². The molecule has 1 unspecified atom stereocenters. The second-order valence-corrected chi connectivity index (χ2v) is 16.0. The molecule has 2 aromatic carbocycles. The number of nitrogens with zero attached hydrogens (tertiary/aromatic N) is 3. The molecule has 296 valence electrons. The van der Waals surface area contributed by atoms with E-state index in [-0.39, 0.29) is 29.6 Å². The predicted octanol–water partition coefficient (Wildman–Crippen LogP) is 6.71. The van der Waals surface area contributed by atoms with Crippen LogP contribution in [0.4, 0.5) is 11.4 Å². The topological polar surface area (TPSA) is 143 Å². The third kappa shape index (κ3) is 9.34. The van der Waals surface area contributed by atoms with Gasteiger partial charge in [0.1, 0.15) is 6.61 Å². The first-order valence-corrected chi connectivity index (χ1v) is 20.6. The summed E-state index contributed by atoms with van der Waals surface area (Å²) in [5.41, 5.74) is 5.29. The first-order valence-electron chi connectivity index (χ1n) is 19.2. The second-order valence-electron chi connectivity index (χ2n) is 14.6. The van der Waals surface area contributed by atoms with Crippen LogP contribution >= 0.6 is 0 Å². The molecule has 1 N–H and O–H groups in total. The van der Waals surface area contributed by atoms with Crippen LogP contribution in [0.2, 0.25) is 0 Å². The van der Waals surface area contributed by atoms with Crippen molar-refractivity contribution in [1.82, 2.24) is 5.06 Å². The summed E-state index contributed by atoms with van der Waals surface area (Å²) in [6.07, 6.45) is 13.5. The minimum Gasteiger partial charge on any atom is -0.380 e. The molecule has 0 aliphatic carbocycles. The summed E-state index contributed by atoms with van der Waals surface area (Å²) in [5, 5.41) is 0.600. The zero-order valence-electron chi connectivity index (χ0n) is 32.6. The number of unbranched alkanes of at least 4 members (excludes halogenated alkanes) is 2. The second kappa shape index (κ2) is 18.0. The van der Waals surface area contributed by atoms with Gasteiger partial charge >= 0.3 is 5.97 Å².